The Morgan fingerprint density at radius 1 is 1.27 bits per heavy atom. The maximum atomic E-state index is 3.46. The predicted octanol–water partition coefficient (Wildman–Crippen LogP) is 3.63. The molecule has 15 heavy (non-hydrogen) atoms. The third kappa shape index (κ3) is 3.96. The fourth-order valence-electron chi connectivity index (χ4n) is 2.03. The van der Waals surface area contributed by atoms with Crippen molar-refractivity contribution < 1.29 is 0 Å². The molecule has 0 heterocycles. The molecule has 2 atom stereocenters. The van der Waals surface area contributed by atoms with E-state index in [9.17, 15) is 0 Å². The summed E-state index contributed by atoms with van der Waals surface area (Å²) in [6, 6.07) is 9.24. The lowest BCUT2D eigenvalue weighted by atomic mass is 9.92. The van der Waals surface area contributed by atoms with Crippen molar-refractivity contribution in [3.8, 4) is 0 Å². The zero-order chi connectivity index (χ0) is 11.3. The predicted molar refractivity (Wildman–Crippen MR) is 70.1 cm³/mol. The summed E-state index contributed by atoms with van der Waals surface area (Å²) < 4.78 is 1.15. The van der Waals surface area contributed by atoms with Gasteiger partial charge in [0.2, 0.25) is 0 Å². The lowest BCUT2D eigenvalue weighted by Gasteiger charge is -2.22. The molecule has 0 aromatic heterocycles. The van der Waals surface area contributed by atoms with Crippen LogP contribution in [0.2, 0.25) is 0 Å². The first-order valence-electron chi connectivity index (χ1n) is 5.59. The second-order valence-corrected chi connectivity index (χ2v) is 5.03. The number of benzene rings is 1. The van der Waals surface area contributed by atoms with Gasteiger partial charge in [0.25, 0.3) is 0 Å². The van der Waals surface area contributed by atoms with Crippen molar-refractivity contribution in [2.45, 2.75) is 32.7 Å². The van der Waals surface area contributed by atoms with Crippen LogP contribution >= 0.6 is 15.9 Å². The van der Waals surface area contributed by atoms with Gasteiger partial charge in [0.15, 0.2) is 0 Å². The zero-order valence-electron chi connectivity index (χ0n) is 9.76. The van der Waals surface area contributed by atoms with Gasteiger partial charge in [0.05, 0.1) is 0 Å². The molecule has 1 rings (SSSR count). The highest BCUT2D eigenvalue weighted by Gasteiger charge is 2.13. The first-order valence-corrected chi connectivity index (χ1v) is 6.38. The number of hydrogen-bond donors (Lipinski definition) is 1. The Kier molecular flexibility index (Phi) is 5.34. The van der Waals surface area contributed by atoms with Crippen LogP contribution in [0, 0.1) is 5.92 Å². The van der Waals surface area contributed by atoms with E-state index in [2.05, 4.69) is 59.4 Å². The minimum absolute atomic E-state index is 0.619. The molecular formula is C13H20BrN. The van der Waals surface area contributed by atoms with Gasteiger partial charge in [-0.25, -0.2) is 0 Å². The van der Waals surface area contributed by atoms with Crippen molar-refractivity contribution in [2.75, 3.05) is 7.05 Å². The molecule has 0 bridgehead atoms. The van der Waals surface area contributed by atoms with Gasteiger partial charge in [-0.3, -0.25) is 0 Å². The highest BCUT2D eigenvalue weighted by Crippen LogP contribution is 2.16. The molecular weight excluding hydrogens is 250 g/mol. The summed E-state index contributed by atoms with van der Waals surface area (Å²) in [5.41, 5.74) is 1.42. The second-order valence-electron chi connectivity index (χ2n) is 4.11. The van der Waals surface area contributed by atoms with Gasteiger partial charge in [0.1, 0.15) is 0 Å². The molecule has 0 amide bonds. The lowest BCUT2D eigenvalue weighted by Crippen LogP contribution is -2.32. The zero-order valence-corrected chi connectivity index (χ0v) is 11.3. The first kappa shape index (κ1) is 12.7. The van der Waals surface area contributed by atoms with Gasteiger partial charge in [-0.15, -0.1) is 0 Å². The summed E-state index contributed by atoms with van der Waals surface area (Å²) in [6.45, 7) is 4.55. The molecule has 1 aromatic rings. The van der Waals surface area contributed by atoms with Crippen molar-refractivity contribution in [1.29, 1.82) is 0 Å². The smallest absolute Gasteiger partial charge is 0.0175 e. The number of hydrogen-bond acceptors (Lipinski definition) is 1. The van der Waals surface area contributed by atoms with Crippen molar-refractivity contribution in [1.82, 2.24) is 5.32 Å². The average molecular weight is 270 g/mol. The summed E-state index contributed by atoms with van der Waals surface area (Å²) >= 11 is 3.46. The lowest BCUT2D eigenvalue weighted by molar-refractivity contribution is 0.387. The largest absolute Gasteiger partial charge is 0.317 e. The van der Waals surface area contributed by atoms with E-state index in [-0.39, 0.29) is 0 Å². The van der Waals surface area contributed by atoms with Crippen LogP contribution in [0.4, 0.5) is 0 Å². The number of nitrogens with one attached hydrogen (secondary N) is 1. The van der Waals surface area contributed by atoms with Crippen LogP contribution in [0.3, 0.4) is 0 Å². The molecule has 0 saturated heterocycles. The van der Waals surface area contributed by atoms with Gasteiger partial charge >= 0.3 is 0 Å². The average Bonchev–Trinajstić information content (AvgIpc) is 2.23. The molecule has 2 unspecified atom stereocenters. The van der Waals surface area contributed by atoms with Crippen molar-refractivity contribution in [2.24, 2.45) is 5.92 Å². The highest BCUT2D eigenvalue weighted by molar-refractivity contribution is 9.10. The molecule has 1 N–H and O–H groups in total. The molecule has 1 aromatic carbocycles. The van der Waals surface area contributed by atoms with Gasteiger partial charge in [-0.2, -0.15) is 0 Å². The number of halogens is 1. The molecule has 0 fully saturated rings. The van der Waals surface area contributed by atoms with Crippen molar-refractivity contribution >= 4 is 15.9 Å². The van der Waals surface area contributed by atoms with E-state index in [1.54, 1.807) is 0 Å². The normalized spacial score (nSPS) is 14.9. The molecule has 0 saturated carbocycles. The van der Waals surface area contributed by atoms with E-state index in [1.807, 2.05) is 7.05 Å². The van der Waals surface area contributed by atoms with Gasteiger partial charge in [-0.1, -0.05) is 41.9 Å². The number of rotatable bonds is 5. The minimum atomic E-state index is 0.619. The van der Waals surface area contributed by atoms with Gasteiger partial charge in [-0.05, 0) is 43.5 Å². The van der Waals surface area contributed by atoms with Crippen LogP contribution in [0.15, 0.2) is 28.7 Å². The van der Waals surface area contributed by atoms with Crippen LogP contribution in [-0.2, 0) is 6.42 Å². The Balaban J connectivity index is 2.57. The van der Waals surface area contributed by atoms with Gasteiger partial charge in [0, 0.05) is 10.5 Å². The third-order valence-corrected chi connectivity index (χ3v) is 3.50. The molecule has 0 aliphatic carbocycles. The van der Waals surface area contributed by atoms with E-state index >= 15 is 0 Å². The molecule has 0 aliphatic heterocycles. The Hall–Kier alpha value is -0.340. The second kappa shape index (κ2) is 6.29. The fraction of sp³-hybridized carbons (Fsp3) is 0.538. The van der Waals surface area contributed by atoms with Crippen LogP contribution in [0.25, 0.3) is 0 Å². The Bertz CT molecular complexity index is 277. The molecule has 0 radical (unpaired) electrons. The fourth-order valence-corrected chi connectivity index (χ4v) is 2.29. The van der Waals surface area contributed by atoms with E-state index in [4.69, 9.17) is 0 Å². The topological polar surface area (TPSA) is 12.0 Å². The van der Waals surface area contributed by atoms with Crippen molar-refractivity contribution in [3.63, 3.8) is 0 Å². The highest BCUT2D eigenvalue weighted by atomic mass is 79.9. The summed E-state index contributed by atoms with van der Waals surface area (Å²) in [5.74, 6) is 0.682. The molecule has 0 aliphatic rings. The third-order valence-electron chi connectivity index (χ3n) is 2.97. The molecule has 1 nitrogen and oxygen atoms in total. The van der Waals surface area contributed by atoms with Gasteiger partial charge < -0.3 is 5.32 Å². The van der Waals surface area contributed by atoms with Crippen LogP contribution in [0.1, 0.15) is 25.8 Å². The molecule has 2 heteroatoms. The van der Waals surface area contributed by atoms with Crippen LogP contribution < -0.4 is 5.32 Å². The monoisotopic (exact) mass is 269 g/mol. The van der Waals surface area contributed by atoms with Crippen LogP contribution in [-0.4, -0.2) is 13.1 Å². The van der Waals surface area contributed by atoms with E-state index in [1.165, 1.54) is 12.0 Å². The minimum Gasteiger partial charge on any atom is -0.317 e. The maximum absolute atomic E-state index is 3.46. The Morgan fingerprint density at radius 3 is 2.33 bits per heavy atom. The Labute approximate surface area is 101 Å². The summed E-state index contributed by atoms with van der Waals surface area (Å²) in [4.78, 5) is 0. The maximum Gasteiger partial charge on any atom is 0.0175 e. The quantitative estimate of drug-likeness (QED) is 0.861. The Morgan fingerprint density at radius 2 is 1.87 bits per heavy atom. The first-order chi connectivity index (χ1) is 7.17. The van der Waals surface area contributed by atoms with Crippen molar-refractivity contribution in [3.05, 3.63) is 34.3 Å². The molecule has 84 valence electrons. The van der Waals surface area contributed by atoms with E-state index in [0.717, 1.165) is 10.9 Å². The standard InChI is InChI=1S/C13H20BrN/c1-4-13(15-3)10(2)9-11-5-7-12(14)8-6-11/h5-8,10,13,15H,4,9H2,1-3H3. The van der Waals surface area contributed by atoms with E-state index < -0.39 is 0 Å². The summed E-state index contributed by atoms with van der Waals surface area (Å²) in [5, 5.41) is 3.37. The van der Waals surface area contributed by atoms with E-state index in [0.29, 0.717) is 12.0 Å². The van der Waals surface area contributed by atoms with Crippen LogP contribution in [0.5, 0.6) is 0 Å². The molecule has 0 spiro atoms. The SMILES string of the molecule is CCC(NC)C(C)Cc1ccc(Br)cc1. The summed E-state index contributed by atoms with van der Waals surface area (Å²) in [6.07, 6.45) is 2.33. The summed E-state index contributed by atoms with van der Waals surface area (Å²) in [7, 11) is 2.05.